The van der Waals surface area contributed by atoms with Gasteiger partial charge in [0, 0.05) is 6.42 Å². The van der Waals surface area contributed by atoms with Gasteiger partial charge in [0.2, 0.25) is 0 Å². The highest BCUT2D eigenvalue weighted by molar-refractivity contribution is 5.23. The maximum Gasteiger partial charge on any atom is 0.176 e. The molecule has 3 nitrogen and oxygen atoms in total. The average molecular weight is 347 g/mol. The van der Waals surface area contributed by atoms with Gasteiger partial charge in [0.05, 0.1) is 30.8 Å². The average Bonchev–Trinajstić information content (AvgIpc) is 3.15. The summed E-state index contributed by atoms with van der Waals surface area (Å²) in [6.45, 7) is 9.09. The second-order valence-corrected chi connectivity index (χ2v) is 10.7. The van der Waals surface area contributed by atoms with E-state index in [9.17, 15) is 0 Å². The van der Waals surface area contributed by atoms with Crippen LogP contribution in [0, 0.1) is 40.4 Å². The van der Waals surface area contributed by atoms with E-state index in [-0.39, 0.29) is 11.2 Å². The van der Waals surface area contributed by atoms with Crippen LogP contribution in [0.15, 0.2) is 0 Å². The highest BCUT2D eigenvalue weighted by atomic mass is 16.7. The molecule has 4 unspecified atom stereocenters. The molecule has 6 fully saturated rings. The van der Waals surface area contributed by atoms with Crippen LogP contribution in [-0.2, 0) is 14.2 Å². The zero-order valence-corrected chi connectivity index (χ0v) is 16.1. The fraction of sp³-hybridized carbons (Fsp3) is 1.00. The van der Waals surface area contributed by atoms with Crippen molar-refractivity contribution in [2.24, 2.45) is 40.4 Å². The molecule has 2 heterocycles. The van der Waals surface area contributed by atoms with Gasteiger partial charge < -0.3 is 14.2 Å². The molecule has 0 aromatic heterocycles. The van der Waals surface area contributed by atoms with Gasteiger partial charge in [-0.25, -0.2) is 0 Å². The fourth-order valence-electron chi connectivity index (χ4n) is 8.73. The summed E-state index contributed by atoms with van der Waals surface area (Å²) in [5.41, 5.74) is 0.601. The van der Waals surface area contributed by atoms with Gasteiger partial charge in [0.25, 0.3) is 0 Å². The van der Waals surface area contributed by atoms with Crippen molar-refractivity contribution < 1.29 is 14.2 Å². The van der Waals surface area contributed by atoms with Gasteiger partial charge in [0.15, 0.2) is 5.79 Å². The Morgan fingerprint density at radius 3 is 2.52 bits per heavy atom. The smallest absolute Gasteiger partial charge is 0.176 e. The van der Waals surface area contributed by atoms with Crippen LogP contribution in [0.3, 0.4) is 0 Å². The Morgan fingerprint density at radius 1 is 0.920 bits per heavy atom. The summed E-state index contributed by atoms with van der Waals surface area (Å²) in [6, 6.07) is 0. The Kier molecular flexibility index (Phi) is 3.07. The molecule has 140 valence electrons. The van der Waals surface area contributed by atoms with Crippen molar-refractivity contribution in [3.63, 3.8) is 0 Å². The molecule has 0 bridgehead atoms. The zero-order chi connectivity index (χ0) is 17.0. The van der Waals surface area contributed by atoms with Gasteiger partial charge in [-0.05, 0) is 67.1 Å². The normalized spacial score (nSPS) is 61.3. The van der Waals surface area contributed by atoms with E-state index < -0.39 is 0 Å². The maximum absolute atomic E-state index is 6.53. The minimum Gasteiger partial charge on any atom is -0.368 e. The van der Waals surface area contributed by atoms with Gasteiger partial charge in [0.1, 0.15) is 0 Å². The van der Waals surface area contributed by atoms with E-state index in [0.717, 1.165) is 49.2 Å². The zero-order valence-electron chi connectivity index (χ0n) is 16.1. The number of epoxide rings is 1. The van der Waals surface area contributed by atoms with Gasteiger partial charge in [-0.1, -0.05) is 27.2 Å². The molecule has 2 aliphatic heterocycles. The molecule has 0 aromatic rings. The largest absolute Gasteiger partial charge is 0.368 e. The van der Waals surface area contributed by atoms with Crippen LogP contribution in [0.5, 0.6) is 0 Å². The van der Waals surface area contributed by atoms with Crippen molar-refractivity contribution in [3.05, 3.63) is 0 Å². The lowest BCUT2D eigenvalue weighted by molar-refractivity contribution is -0.242. The summed E-state index contributed by atoms with van der Waals surface area (Å²) in [4.78, 5) is 0. The van der Waals surface area contributed by atoms with Crippen molar-refractivity contribution in [2.75, 3.05) is 13.2 Å². The molecule has 2 saturated heterocycles. The van der Waals surface area contributed by atoms with Crippen LogP contribution < -0.4 is 0 Å². The highest BCUT2D eigenvalue weighted by Gasteiger charge is 2.78. The first-order chi connectivity index (χ1) is 12.0. The third-order valence-corrected chi connectivity index (χ3v) is 9.98. The van der Waals surface area contributed by atoms with Crippen LogP contribution in [0.4, 0.5) is 0 Å². The Labute approximate surface area is 152 Å². The van der Waals surface area contributed by atoms with Crippen molar-refractivity contribution in [3.8, 4) is 0 Å². The third-order valence-electron chi connectivity index (χ3n) is 9.98. The Hall–Kier alpha value is -0.120. The standard InChI is InChI=1S/C22H34O3/c1-13-6-8-20(2)14(12-13)4-5-15-16-7-9-22(23-10-11-24-22)21(16,3)19-18(25-19)17(15)20/h13-19H,4-12H2,1-3H3/t13-,14-,15?,16?,17?,18?,19+,20+,21-/m1/s1. The lowest BCUT2D eigenvalue weighted by atomic mass is 9.44. The SMILES string of the molecule is C[C@@H]1CC[C@]2(C)C3C(CC[C@@H]2C1)C1CCC2(OCCO2)[C@@]1(C)[C@H]1OC31. The molecule has 4 aliphatic carbocycles. The van der Waals surface area contributed by atoms with Crippen LogP contribution >= 0.6 is 0 Å². The van der Waals surface area contributed by atoms with Crippen molar-refractivity contribution >= 4 is 0 Å². The number of hydrogen-bond acceptors (Lipinski definition) is 3. The lowest BCUT2D eigenvalue weighted by Crippen LogP contribution is -2.60. The molecule has 6 aliphatic rings. The van der Waals surface area contributed by atoms with Gasteiger partial charge in [-0.3, -0.25) is 0 Å². The van der Waals surface area contributed by atoms with E-state index in [2.05, 4.69) is 20.8 Å². The van der Waals surface area contributed by atoms with Crippen LogP contribution in [0.25, 0.3) is 0 Å². The summed E-state index contributed by atoms with van der Waals surface area (Å²) in [6.07, 6.45) is 10.4. The highest BCUT2D eigenvalue weighted by Crippen LogP contribution is 2.74. The van der Waals surface area contributed by atoms with Crippen molar-refractivity contribution in [1.29, 1.82) is 0 Å². The predicted octanol–water partition coefficient (Wildman–Crippen LogP) is 4.40. The second kappa shape index (κ2) is 4.83. The number of fused-ring (bicyclic) bond motifs is 9. The second-order valence-electron chi connectivity index (χ2n) is 10.7. The predicted molar refractivity (Wildman–Crippen MR) is 95.0 cm³/mol. The topological polar surface area (TPSA) is 31.0 Å². The summed E-state index contributed by atoms with van der Waals surface area (Å²) in [7, 11) is 0. The van der Waals surface area contributed by atoms with E-state index in [1.54, 1.807) is 0 Å². The molecule has 6 rings (SSSR count). The minimum absolute atomic E-state index is 0.0838. The molecule has 0 radical (unpaired) electrons. The summed E-state index contributed by atoms with van der Waals surface area (Å²) < 4.78 is 19.1. The van der Waals surface area contributed by atoms with Gasteiger partial charge in [-0.15, -0.1) is 0 Å². The third kappa shape index (κ3) is 1.75. The first-order valence-corrected chi connectivity index (χ1v) is 10.9. The molecule has 9 atom stereocenters. The summed E-state index contributed by atoms with van der Waals surface area (Å²) in [5.74, 6) is 3.88. The molecule has 0 amide bonds. The maximum atomic E-state index is 6.53. The first-order valence-electron chi connectivity index (χ1n) is 10.9. The van der Waals surface area contributed by atoms with E-state index in [1.807, 2.05) is 0 Å². The van der Waals surface area contributed by atoms with Crippen LogP contribution in [0.2, 0.25) is 0 Å². The van der Waals surface area contributed by atoms with Crippen LogP contribution in [0.1, 0.15) is 65.7 Å². The molecular formula is C22H34O3. The molecule has 4 saturated carbocycles. The number of ether oxygens (including phenoxy) is 3. The van der Waals surface area contributed by atoms with E-state index >= 15 is 0 Å². The lowest BCUT2D eigenvalue weighted by Gasteiger charge is -2.59. The Bertz CT molecular complexity index is 584. The summed E-state index contributed by atoms with van der Waals surface area (Å²) in [5, 5.41) is 0. The van der Waals surface area contributed by atoms with Gasteiger partial charge in [-0.2, -0.15) is 0 Å². The summed E-state index contributed by atoms with van der Waals surface area (Å²) >= 11 is 0. The molecule has 1 spiro atoms. The molecule has 0 N–H and O–H groups in total. The number of rotatable bonds is 0. The van der Waals surface area contributed by atoms with Crippen molar-refractivity contribution in [1.82, 2.24) is 0 Å². The minimum atomic E-state index is -0.332. The van der Waals surface area contributed by atoms with Gasteiger partial charge >= 0.3 is 0 Å². The molecule has 0 aromatic carbocycles. The quantitative estimate of drug-likeness (QED) is 0.609. The van der Waals surface area contributed by atoms with Crippen LogP contribution in [-0.4, -0.2) is 31.2 Å². The molecule has 3 heteroatoms. The fourth-order valence-corrected chi connectivity index (χ4v) is 8.73. The Morgan fingerprint density at radius 2 is 1.72 bits per heavy atom. The van der Waals surface area contributed by atoms with E-state index in [1.165, 1.54) is 38.5 Å². The van der Waals surface area contributed by atoms with E-state index in [4.69, 9.17) is 14.2 Å². The number of hydrogen-bond donors (Lipinski definition) is 0. The molecular weight excluding hydrogens is 312 g/mol. The first kappa shape index (κ1) is 15.9. The monoisotopic (exact) mass is 346 g/mol. The Balaban J connectivity index is 1.38. The van der Waals surface area contributed by atoms with Crippen molar-refractivity contribution in [2.45, 2.75) is 83.7 Å². The van der Waals surface area contributed by atoms with E-state index in [0.29, 0.717) is 17.6 Å². The molecule has 25 heavy (non-hydrogen) atoms.